The molecule has 2 amide bonds. The molecule has 1 aromatic rings. The summed E-state index contributed by atoms with van der Waals surface area (Å²) in [5, 5.41) is 2.33. The third-order valence-corrected chi connectivity index (χ3v) is 5.42. The molecule has 0 spiro atoms. The molecule has 1 saturated heterocycles. The van der Waals surface area contributed by atoms with Gasteiger partial charge >= 0.3 is 0 Å². The maximum atomic E-state index is 13.7. The monoisotopic (exact) mass is 368 g/mol. The van der Waals surface area contributed by atoms with Gasteiger partial charge in [0.2, 0.25) is 11.8 Å². The second-order valence-corrected chi connectivity index (χ2v) is 7.15. The highest BCUT2D eigenvalue weighted by molar-refractivity contribution is 5.93. The third kappa shape index (κ3) is 4.02. The number of amides is 2. The van der Waals surface area contributed by atoms with Gasteiger partial charge in [-0.1, -0.05) is 19.3 Å². The number of anilines is 1. The Kier molecular flexibility index (Phi) is 5.84. The van der Waals surface area contributed by atoms with E-state index >= 15 is 0 Å². The zero-order chi connectivity index (χ0) is 18.7. The van der Waals surface area contributed by atoms with Crippen LogP contribution in [0.25, 0.3) is 0 Å². The number of rotatable bonds is 3. The molecule has 2 fully saturated rings. The van der Waals surface area contributed by atoms with Crippen LogP contribution in [-0.2, 0) is 9.59 Å². The van der Waals surface area contributed by atoms with E-state index in [-0.39, 0.29) is 23.4 Å². The summed E-state index contributed by atoms with van der Waals surface area (Å²) in [5.74, 6) is -4.83. The lowest BCUT2D eigenvalue weighted by molar-refractivity contribution is -0.139. The summed E-state index contributed by atoms with van der Waals surface area (Å²) in [6.45, 7) is 0.987. The molecule has 26 heavy (non-hydrogen) atoms. The first-order valence-electron chi connectivity index (χ1n) is 9.20. The van der Waals surface area contributed by atoms with E-state index in [2.05, 4.69) is 5.32 Å². The highest BCUT2D eigenvalue weighted by Gasteiger charge is 2.31. The molecule has 1 N–H and O–H groups in total. The highest BCUT2D eigenvalue weighted by atomic mass is 19.2. The lowest BCUT2D eigenvalue weighted by atomic mass is 9.87. The minimum absolute atomic E-state index is 0.102. The fraction of sp³-hybridized carbons (Fsp3) is 0.579. The van der Waals surface area contributed by atoms with Crippen molar-refractivity contribution >= 4 is 17.5 Å². The molecule has 2 aliphatic rings. The van der Waals surface area contributed by atoms with E-state index in [9.17, 15) is 22.8 Å². The Labute approximate surface area is 150 Å². The molecule has 3 rings (SSSR count). The molecular formula is C19H23F3N2O2. The van der Waals surface area contributed by atoms with Crippen molar-refractivity contribution in [1.82, 2.24) is 4.90 Å². The van der Waals surface area contributed by atoms with Crippen molar-refractivity contribution in [2.45, 2.75) is 44.9 Å². The van der Waals surface area contributed by atoms with E-state index in [0.29, 0.717) is 25.9 Å². The molecule has 1 aliphatic carbocycles. The second kappa shape index (κ2) is 8.10. The van der Waals surface area contributed by atoms with Crippen LogP contribution >= 0.6 is 0 Å². The fourth-order valence-corrected chi connectivity index (χ4v) is 3.83. The molecule has 1 aliphatic heterocycles. The number of carbonyl (C=O) groups excluding carboxylic acids is 2. The number of likely N-dealkylation sites (tertiary alicyclic amines) is 1. The van der Waals surface area contributed by atoms with E-state index in [1.54, 1.807) is 0 Å². The van der Waals surface area contributed by atoms with Crippen molar-refractivity contribution in [3.05, 3.63) is 29.6 Å². The molecule has 0 aromatic heterocycles. The predicted molar refractivity (Wildman–Crippen MR) is 90.8 cm³/mol. The summed E-state index contributed by atoms with van der Waals surface area (Å²) >= 11 is 0. The molecule has 7 heteroatoms. The normalized spacial score (nSPS) is 19.4. The molecule has 1 aromatic carbocycles. The summed E-state index contributed by atoms with van der Waals surface area (Å²) in [5.41, 5.74) is -0.366. The highest BCUT2D eigenvalue weighted by Crippen LogP contribution is 2.28. The molecule has 1 saturated carbocycles. The van der Waals surface area contributed by atoms with Crippen LogP contribution in [-0.4, -0.2) is 29.8 Å². The van der Waals surface area contributed by atoms with Gasteiger partial charge in [-0.15, -0.1) is 0 Å². The summed E-state index contributed by atoms with van der Waals surface area (Å²) in [4.78, 5) is 26.6. The Hall–Kier alpha value is -2.05. The minimum atomic E-state index is -1.60. The largest absolute Gasteiger partial charge is 0.342 e. The number of hydrogen-bond donors (Lipinski definition) is 1. The third-order valence-electron chi connectivity index (χ3n) is 5.42. The van der Waals surface area contributed by atoms with Gasteiger partial charge in [0.1, 0.15) is 0 Å². The number of hydrogen-bond acceptors (Lipinski definition) is 2. The van der Waals surface area contributed by atoms with E-state index in [4.69, 9.17) is 0 Å². The van der Waals surface area contributed by atoms with Gasteiger partial charge in [0, 0.05) is 24.9 Å². The van der Waals surface area contributed by atoms with Gasteiger partial charge in [-0.25, -0.2) is 13.2 Å². The number of carbonyl (C=O) groups is 2. The Morgan fingerprint density at radius 1 is 0.885 bits per heavy atom. The van der Waals surface area contributed by atoms with E-state index in [1.165, 1.54) is 6.42 Å². The zero-order valence-electron chi connectivity index (χ0n) is 14.6. The smallest absolute Gasteiger partial charge is 0.227 e. The van der Waals surface area contributed by atoms with Gasteiger partial charge in [-0.2, -0.15) is 0 Å². The topological polar surface area (TPSA) is 49.4 Å². The van der Waals surface area contributed by atoms with Gasteiger partial charge in [0.15, 0.2) is 17.5 Å². The lowest BCUT2D eigenvalue weighted by Gasteiger charge is -2.34. The standard InChI is InChI=1S/C19H23F3N2O2/c20-14-6-7-15(17(22)16(14)21)23-18(25)12-8-10-24(11-9-12)19(26)13-4-2-1-3-5-13/h6-7,12-13H,1-5,8-11H2,(H,23,25). The molecule has 0 unspecified atom stereocenters. The van der Waals surface area contributed by atoms with Crippen LogP contribution in [0.5, 0.6) is 0 Å². The SMILES string of the molecule is O=C(Nc1ccc(F)c(F)c1F)C1CCN(C(=O)C2CCCCC2)CC1. The van der Waals surface area contributed by atoms with Crippen molar-refractivity contribution in [3.63, 3.8) is 0 Å². The fourth-order valence-electron chi connectivity index (χ4n) is 3.83. The maximum Gasteiger partial charge on any atom is 0.227 e. The lowest BCUT2D eigenvalue weighted by Crippen LogP contribution is -2.44. The Morgan fingerprint density at radius 3 is 2.19 bits per heavy atom. The summed E-state index contributed by atoms with van der Waals surface area (Å²) in [6, 6.07) is 1.78. The number of nitrogens with zero attached hydrogens (tertiary/aromatic N) is 1. The molecule has 0 atom stereocenters. The van der Waals surface area contributed by atoms with Gasteiger partial charge in [0.25, 0.3) is 0 Å². The van der Waals surface area contributed by atoms with Crippen LogP contribution < -0.4 is 5.32 Å². The van der Waals surface area contributed by atoms with Crippen LogP contribution in [0, 0.1) is 29.3 Å². The van der Waals surface area contributed by atoms with E-state index < -0.39 is 23.4 Å². The van der Waals surface area contributed by atoms with Gasteiger partial charge in [-0.3, -0.25) is 9.59 Å². The van der Waals surface area contributed by atoms with Gasteiger partial charge in [0.05, 0.1) is 5.69 Å². The Morgan fingerprint density at radius 2 is 1.54 bits per heavy atom. The molecule has 1 heterocycles. The van der Waals surface area contributed by atoms with Gasteiger partial charge in [-0.05, 0) is 37.8 Å². The van der Waals surface area contributed by atoms with Crippen LogP contribution in [0.15, 0.2) is 12.1 Å². The average Bonchev–Trinajstić information content (AvgIpc) is 2.68. The minimum Gasteiger partial charge on any atom is -0.342 e. The maximum absolute atomic E-state index is 13.7. The van der Waals surface area contributed by atoms with Crippen molar-refractivity contribution in [2.24, 2.45) is 11.8 Å². The summed E-state index contributed by atoms with van der Waals surface area (Å²) in [6.07, 6.45) is 6.21. The second-order valence-electron chi connectivity index (χ2n) is 7.15. The number of benzene rings is 1. The molecule has 4 nitrogen and oxygen atoms in total. The van der Waals surface area contributed by atoms with Crippen LogP contribution in [0.4, 0.5) is 18.9 Å². The van der Waals surface area contributed by atoms with Crippen molar-refractivity contribution < 1.29 is 22.8 Å². The average molecular weight is 368 g/mol. The van der Waals surface area contributed by atoms with Crippen LogP contribution in [0.3, 0.4) is 0 Å². The van der Waals surface area contributed by atoms with E-state index in [1.807, 2.05) is 4.90 Å². The molecule has 0 radical (unpaired) electrons. The first-order chi connectivity index (χ1) is 12.5. The molecule has 0 bridgehead atoms. The van der Waals surface area contributed by atoms with Gasteiger partial charge < -0.3 is 10.2 Å². The predicted octanol–water partition coefficient (Wildman–Crippen LogP) is 3.86. The number of halogens is 3. The number of nitrogens with one attached hydrogen (secondary N) is 1. The zero-order valence-corrected chi connectivity index (χ0v) is 14.6. The quantitative estimate of drug-likeness (QED) is 0.824. The van der Waals surface area contributed by atoms with Crippen LogP contribution in [0.2, 0.25) is 0 Å². The Bertz CT molecular complexity index is 682. The Balaban J connectivity index is 1.53. The van der Waals surface area contributed by atoms with Crippen molar-refractivity contribution in [1.29, 1.82) is 0 Å². The molecular weight excluding hydrogens is 345 g/mol. The summed E-state index contributed by atoms with van der Waals surface area (Å²) in [7, 11) is 0. The van der Waals surface area contributed by atoms with Crippen LogP contribution in [0.1, 0.15) is 44.9 Å². The first kappa shape index (κ1) is 18.7. The number of piperidine rings is 1. The van der Waals surface area contributed by atoms with Crippen molar-refractivity contribution in [2.75, 3.05) is 18.4 Å². The first-order valence-corrected chi connectivity index (χ1v) is 9.20. The summed E-state index contributed by atoms with van der Waals surface area (Å²) < 4.78 is 39.9. The van der Waals surface area contributed by atoms with E-state index in [0.717, 1.165) is 37.8 Å². The van der Waals surface area contributed by atoms with Crippen molar-refractivity contribution in [3.8, 4) is 0 Å². The molecule has 142 valence electrons.